The number of hydrogen-bond donors (Lipinski definition) is 2. The second kappa shape index (κ2) is 3.97. The van der Waals surface area contributed by atoms with Crippen molar-refractivity contribution in [2.45, 2.75) is 32.1 Å². The first-order valence-electron chi connectivity index (χ1n) is 5.58. The van der Waals surface area contributed by atoms with Crippen molar-refractivity contribution in [3.63, 3.8) is 0 Å². The molecule has 2 N–H and O–H groups in total. The van der Waals surface area contributed by atoms with Gasteiger partial charge in [0.25, 0.3) is 0 Å². The maximum atomic E-state index is 9.33. The number of fused-ring (bicyclic) bond motifs is 4. The van der Waals surface area contributed by atoms with Crippen molar-refractivity contribution in [1.82, 2.24) is 0 Å². The zero-order chi connectivity index (χ0) is 9.26. The van der Waals surface area contributed by atoms with E-state index in [2.05, 4.69) is 0 Å². The zero-order valence-electron chi connectivity index (χ0n) is 8.15. The summed E-state index contributed by atoms with van der Waals surface area (Å²) in [5.74, 6) is 2.18. The Labute approximate surface area is 80.0 Å². The second-order valence-corrected chi connectivity index (χ2v) is 4.72. The van der Waals surface area contributed by atoms with Crippen LogP contribution in [0.1, 0.15) is 32.1 Å². The van der Waals surface area contributed by atoms with Crippen molar-refractivity contribution < 1.29 is 10.2 Å². The van der Waals surface area contributed by atoms with Crippen LogP contribution in [0.4, 0.5) is 0 Å². The molecule has 0 aliphatic heterocycles. The van der Waals surface area contributed by atoms with Gasteiger partial charge in [0.2, 0.25) is 0 Å². The molecule has 0 saturated heterocycles. The van der Waals surface area contributed by atoms with E-state index in [9.17, 15) is 10.2 Å². The number of hydrogen-bond acceptors (Lipinski definition) is 2. The Balaban J connectivity index is 2.14. The van der Waals surface area contributed by atoms with Gasteiger partial charge in [-0.15, -0.1) is 0 Å². The molecule has 4 atom stereocenters. The van der Waals surface area contributed by atoms with E-state index in [1.165, 1.54) is 32.1 Å². The maximum absolute atomic E-state index is 9.33. The molecule has 3 fully saturated rings. The Morgan fingerprint density at radius 3 is 1.62 bits per heavy atom. The van der Waals surface area contributed by atoms with Gasteiger partial charge < -0.3 is 10.2 Å². The molecule has 2 nitrogen and oxygen atoms in total. The fourth-order valence-electron chi connectivity index (χ4n) is 3.48. The summed E-state index contributed by atoms with van der Waals surface area (Å²) in [6, 6.07) is 0. The highest BCUT2D eigenvalue weighted by atomic mass is 16.3. The van der Waals surface area contributed by atoms with Crippen molar-refractivity contribution in [3.05, 3.63) is 0 Å². The molecule has 4 unspecified atom stereocenters. The van der Waals surface area contributed by atoms with Gasteiger partial charge in [0, 0.05) is 13.2 Å². The fraction of sp³-hybridized carbons (Fsp3) is 1.00. The number of aliphatic hydroxyl groups is 2. The van der Waals surface area contributed by atoms with Crippen LogP contribution < -0.4 is 0 Å². The highest BCUT2D eigenvalue weighted by molar-refractivity contribution is 4.89. The Kier molecular flexibility index (Phi) is 2.89. The molecule has 0 aromatic heterocycles. The Bertz CT molecular complexity index is 147. The smallest absolute Gasteiger partial charge is 0.0465 e. The third-order valence-corrected chi connectivity index (χ3v) is 4.24. The molecule has 13 heavy (non-hydrogen) atoms. The predicted octanol–water partition coefficient (Wildman–Crippen LogP) is 1.41. The van der Waals surface area contributed by atoms with Gasteiger partial charge in [-0.05, 0) is 36.5 Å². The lowest BCUT2D eigenvalue weighted by molar-refractivity contribution is 0.0188. The van der Waals surface area contributed by atoms with Crippen molar-refractivity contribution in [2.75, 3.05) is 13.2 Å². The first-order valence-corrected chi connectivity index (χ1v) is 5.58. The van der Waals surface area contributed by atoms with Crippen molar-refractivity contribution in [3.8, 4) is 0 Å². The summed E-state index contributed by atoms with van der Waals surface area (Å²) in [6.45, 7) is 0.568. The number of aliphatic hydroxyl groups excluding tert-OH is 2. The Morgan fingerprint density at radius 2 is 1.23 bits per heavy atom. The van der Waals surface area contributed by atoms with Crippen LogP contribution >= 0.6 is 0 Å². The lowest BCUT2D eigenvalue weighted by Crippen LogP contribution is -2.36. The van der Waals surface area contributed by atoms with Crippen LogP contribution in [0.15, 0.2) is 0 Å². The van der Waals surface area contributed by atoms with E-state index in [-0.39, 0.29) is 13.2 Å². The normalized spacial score (nSPS) is 44.8. The van der Waals surface area contributed by atoms with Gasteiger partial charge in [-0.1, -0.05) is 19.3 Å². The topological polar surface area (TPSA) is 40.5 Å². The second-order valence-electron chi connectivity index (χ2n) is 4.72. The summed E-state index contributed by atoms with van der Waals surface area (Å²) >= 11 is 0. The minimum absolute atomic E-state index is 0.284. The maximum Gasteiger partial charge on any atom is 0.0465 e. The molecule has 2 bridgehead atoms. The van der Waals surface area contributed by atoms with E-state index >= 15 is 0 Å². The first-order chi connectivity index (χ1) is 6.36. The molecule has 0 aromatic carbocycles. The van der Waals surface area contributed by atoms with Gasteiger partial charge in [-0.3, -0.25) is 0 Å². The van der Waals surface area contributed by atoms with Gasteiger partial charge in [0.1, 0.15) is 0 Å². The van der Waals surface area contributed by atoms with E-state index < -0.39 is 0 Å². The highest BCUT2D eigenvalue weighted by Crippen LogP contribution is 2.46. The Hall–Kier alpha value is -0.0800. The van der Waals surface area contributed by atoms with Crippen LogP contribution in [0.5, 0.6) is 0 Å². The Morgan fingerprint density at radius 1 is 0.769 bits per heavy atom. The molecule has 3 aliphatic rings. The van der Waals surface area contributed by atoms with E-state index in [0.717, 1.165) is 0 Å². The molecule has 3 aliphatic carbocycles. The van der Waals surface area contributed by atoms with Gasteiger partial charge in [0.15, 0.2) is 0 Å². The van der Waals surface area contributed by atoms with Gasteiger partial charge in [0.05, 0.1) is 0 Å². The van der Waals surface area contributed by atoms with E-state index in [0.29, 0.717) is 23.7 Å². The summed E-state index contributed by atoms with van der Waals surface area (Å²) in [6.07, 6.45) is 6.43. The molecule has 3 saturated carbocycles. The largest absolute Gasteiger partial charge is 0.396 e. The van der Waals surface area contributed by atoms with Crippen molar-refractivity contribution in [2.24, 2.45) is 23.7 Å². The third kappa shape index (κ3) is 1.62. The minimum atomic E-state index is 0.284. The molecule has 0 radical (unpaired) electrons. The molecule has 3 rings (SSSR count). The summed E-state index contributed by atoms with van der Waals surface area (Å²) < 4.78 is 0. The van der Waals surface area contributed by atoms with Gasteiger partial charge >= 0.3 is 0 Å². The minimum Gasteiger partial charge on any atom is -0.396 e. The van der Waals surface area contributed by atoms with Crippen LogP contribution in [0.3, 0.4) is 0 Å². The van der Waals surface area contributed by atoms with Crippen molar-refractivity contribution >= 4 is 0 Å². The summed E-state index contributed by atoms with van der Waals surface area (Å²) in [5.41, 5.74) is 0. The SMILES string of the molecule is OCC1C2CCCC(CC2)C1CO. The lowest BCUT2D eigenvalue weighted by Gasteiger charge is -2.38. The van der Waals surface area contributed by atoms with E-state index in [1.54, 1.807) is 0 Å². The van der Waals surface area contributed by atoms with Crippen LogP contribution in [0.25, 0.3) is 0 Å². The zero-order valence-corrected chi connectivity index (χ0v) is 8.15. The van der Waals surface area contributed by atoms with Crippen LogP contribution in [-0.4, -0.2) is 23.4 Å². The summed E-state index contributed by atoms with van der Waals surface area (Å²) in [5, 5.41) is 18.7. The highest BCUT2D eigenvalue weighted by Gasteiger charge is 2.40. The first kappa shape index (κ1) is 9.47. The standard InChI is InChI=1S/C11H20O2/c12-6-10-8-2-1-3-9(5-4-8)11(10)7-13/h8-13H,1-7H2. The quantitative estimate of drug-likeness (QED) is 0.681. The van der Waals surface area contributed by atoms with Gasteiger partial charge in [-0.25, -0.2) is 0 Å². The third-order valence-electron chi connectivity index (χ3n) is 4.24. The summed E-state index contributed by atoms with van der Waals surface area (Å²) in [7, 11) is 0. The summed E-state index contributed by atoms with van der Waals surface area (Å²) in [4.78, 5) is 0. The molecular weight excluding hydrogens is 164 g/mol. The average Bonchev–Trinajstić information content (AvgIpc) is 2.49. The number of rotatable bonds is 2. The molecule has 0 amide bonds. The molecule has 76 valence electrons. The van der Waals surface area contributed by atoms with Crippen LogP contribution in [0, 0.1) is 23.7 Å². The average molecular weight is 184 g/mol. The lowest BCUT2D eigenvalue weighted by atomic mass is 9.68. The van der Waals surface area contributed by atoms with E-state index in [1.807, 2.05) is 0 Å². The van der Waals surface area contributed by atoms with E-state index in [4.69, 9.17) is 0 Å². The molecule has 0 spiro atoms. The molecular formula is C11H20O2. The molecule has 0 heterocycles. The fourth-order valence-corrected chi connectivity index (χ4v) is 3.48. The van der Waals surface area contributed by atoms with Crippen LogP contribution in [0.2, 0.25) is 0 Å². The van der Waals surface area contributed by atoms with Crippen molar-refractivity contribution in [1.29, 1.82) is 0 Å². The predicted molar refractivity (Wildman–Crippen MR) is 51.2 cm³/mol. The monoisotopic (exact) mass is 184 g/mol. The molecule has 2 heteroatoms. The van der Waals surface area contributed by atoms with Gasteiger partial charge in [-0.2, -0.15) is 0 Å². The van der Waals surface area contributed by atoms with Crippen LogP contribution in [-0.2, 0) is 0 Å². The molecule has 0 aromatic rings.